The molecule has 19 heavy (non-hydrogen) atoms. The lowest BCUT2D eigenvalue weighted by Gasteiger charge is -2.27. The van der Waals surface area contributed by atoms with Gasteiger partial charge in [0.1, 0.15) is 0 Å². The highest BCUT2D eigenvalue weighted by atomic mass is 16.2. The number of piperazine rings is 1. The van der Waals surface area contributed by atoms with Crippen LogP contribution in [0.3, 0.4) is 0 Å². The molecule has 1 aliphatic rings. The summed E-state index contributed by atoms with van der Waals surface area (Å²) in [5.41, 5.74) is 7.63. The third-order valence-electron chi connectivity index (χ3n) is 3.17. The van der Waals surface area contributed by atoms with Crippen LogP contribution in [0.4, 0.5) is 5.69 Å². The number of aryl methyl sites for hydroxylation is 1. The number of hydrogen-bond acceptors (Lipinski definition) is 4. The molecule has 1 fully saturated rings. The second-order valence-electron chi connectivity index (χ2n) is 4.74. The molecule has 0 bridgehead atoms. The smallest absolute Gasteiger partial charge is 0.246 e. The van der Waals surface area contributed by atoms with Gasteiger partial charge in [0, 0.05) is 5.69 Å². The number of imide groups is 1. The van der Waals surface area contributed by atoms with Crippen LogP contribution in [0.2, 0.25) is 0 Å². The predicted octanol–water partition coefficient (Wildman–Crippen LogP) is 0.431. The van der Waals surface area contributed by atoms with Crippen molar-refractivity contribution in [2.75, 3.05) is 24.5 Å². The minimum absolute atomic E-state index is 0.234. The highest BCUT2D eigenvalue weighted by Gasteiger charge is 2.22. The molecule has 0 saturated carbocycles. The number of amides is 2. The molecular formula is C14H19N3O2. The fraction of sp³-hybridized carbons (Fsp3) is 0.429. The number of nitrogens with one attached hydrogen (secondary N) is 1. The summed E-state index contributed by atoms with van der Waals surface area (Å²) in [5.74, 6) is -0.494. The van der Waals surface area contributed by atoms with Crippen molar-refractivity contribution in [2.24, 2.45) is 5.73 Å². The molecule has 5 nitrogen and oxygen atoms in total. The third-order valence-corrected chi connectivity index (χ3v) is 3.17. The summed E-state index contributed by atoms with van der Waals surface area (Å²) in [6.07, 6.45) is 3.12. The number of hydrogen-bond donors (Lipinski definition) is 2. The summed E-state index contributed by atoms with van der Waals surface area (Å²) in [7, 11) is 0. The van der Waals surface area contributed by atoms with Crippen LogP contribution in [0.15, 0.2) is 24.3 Å². The number of nitrogens with two attached hydrogens (primary N) is 1. The van der Waals surface area contributed by atoms with Crippen molar-refractivity contribution in [1.82, 2.24) is 5.32 Å². The second kappa shape index (κ2) is 6.33. The maximum Gasteiger partial charge on any atom is 0.246 e. The molecule has 1 aromatic rings. The molecule has 3 N–H and O–H groups in total. The molecule has 1 saturated heterocycles. The number of anilines is 1. The van der Waals surface area contributed by atoms with E-state index in [1.165, 1.54) is 5.56 Å². The maximum absolute atomic E-state index is 11.3. The van der Waals surface area contributed by atoms with Gasteiger partial charge < -0.3 is 10.6 Å². The Kier molecular flexibility index (Phi) is 4.52. The van der Waals surface area contributed by atoms with Gasteiger partial charge in [0.25, 0.3) is 0 Å². The summed E-state index contributed by atoms with van der Waals surface area (Å²) < 4.78 is 0. The van der Waals surface area contributed by atoms with E-state index in [4.69, 9.17) is 5.73 Å². The van der Waals surface area contributed by atoms with Crippen molar-refractivity contribution < 1.29 is 9.59 Å². The van der Waals surface area contributed by atoms with Crippen LogP contribution in [-0.2, 0) is 16.0 Å². The third kappa shape index (κ3) is 3.79. The average molecular weight is 261 g/mol. The summed E-state index contributed by atoms with van der Waals surface area (Å²) in [6.45, 7) is 1.19. The lowest BCUT2D eigenvalue weighted by Crippen LogP contribution is -2.51. The van der Waals surface area contributed by atoms with E-state index in [2.05, 4.69) is 5.32 Å². The summed E-state index contributed by atoms with van der Waals surface area (Å²) in [4.78, 5) is 24.4. The van der Waals surface area contributed by atoms with E-state index in [-0.39, 0.29) is 24.9 Å². The highest BCUT2D eigenvalue weighted by molar-refractivity contribution is 6.02. The van der Waals surface area contributed by atoms with Crippen LogP contribution in [0, 0.1) is 0 Å². The first kappa shape index (κ1) is 13.5. The average Bonchev–Trinajstić information content (AvgIpc) is 2.39. The first-order valence-corrected chi connectivity index (χ1v) is 6.55. The standard InChI is InChI=1S/C14H19N3O2/c15-8-2-1-3-11-4-6-12(7-5-11)17-9-13(18)16-14(19)10-17/h4-7H,1-3,8-10,15H2,(H,16,18,19). The zero-order valence-electron chi connectivity index (χ0n) is 10.9. The molecular weight excluding hydrogens is 242 g/mol. The molecule has 0 atom stereocenters. The molecule has 1 aromatic carbocycles. The fourth-order valence-electron chi connectivity index (χ4n) is 2.17. The topological polar surface area (TPSA) is 75.4 Å². The Morgan fingerprint density at radius 2 is 1.68 bits per heavy atom. The molecule has 0 unspecified atom stereocenters. The van der Waals surface area contributed by atoms with Crippen molar-refractivity contribution in [1.29, 1.82) is 0 Å². The number of carbonyl (C=O) groups is 2. The second-order valence-corrected chi connectivity index (χ2v) is 4.74. The molecule has 0 aromatic heterocycles. The van der Waals surface area contributed by atoms with Gasteiger partial charge in [-0.15, -0.1) is 0 Å². The number of carbonyl (C=O) groups excluding carboxylic acids is 2. The van der Waals surface area contributed by atoms with Crippen LogP contribution < -0.4 is 16.0 Å². The van der Waals surface area contributed by atoms with E-state index >= 15 is 0 Å². The maximum atomic E-state index is 11.3. The zero-order chi connectivity index (χ0) is 13.7. The molecule has 2 amide bonds. The Hall–Kier alpha value is -1.88. The van der Waals surface area contributed by atoms with Crippen LogP contribution >= 0.6 is 0 Å². The first-order valence-electron chi connectivity index (χ1n) is 6.55. The molecule has 0 aliphatic carbocycles. The van der Waals surface area contributed by atoms with Gasteiger partial charge in [0.05, 0.1) is 13.1 Å². The van der Waals surface area contributed by atoms with Gasteiger partial charge >= 0.3 is 0 Å². The largest absolute Gasteiger partial charge is 0.353 e. The van der Waals surface area contributed by atoms with E-state index in [0.29, 0.717) is 0 Å². The number of rotatable bonds is 5. The summed E-state index contributed by atoms with van der Waals surface area (Å²) in [6, 6.07) is 8.01. The Bertz CT molecular complexity index is 440. The van der Waals surface area contributed by atoms with Crippen LogP contribution in [0.25, 0.3) is 0 Å². The van der Waals surface area contributed by atoms with Crippen LogP contribution in [0.5, 0.6) is 0 Å². The number of unbranched alkanes of at least 4 members (excludes halogenated alkanes) is 1. The molecule has 0 spiro atoms. The van der Waals surface area contributed by atoms with E-state index in [1.54, 1.807) is 4.90 Å². The minimum atomic E-state index is -0.247. The van der Waals surface area contributed by atoms with E-state index in [0.717, 1.165) is 31.5 Å². The van der Waals surface area contributed by atoms with Crippen LogP contribution in [0.1, 0.15) is 18.4 Å². The Balaban J connectivity index is 1.97. The molecule has 1 heterocycles. The van der Waals surface area contributed by atoms with Gasteiger partial charge in [-0.1, -0.05) is 12.1 Å². The Morgan fingerprint density at radius 3 is 2.26 bits per heavy atom. The quantitative estimate of drug-likeness (QED) is 0.595. The van der Waals surface area contributed by atoms with Crippen molar-refractivity contribution in [3.8, 4) is 0 Å². The van der Waals surface area contributed by atoms with Crippen molar-refractivity contribution in [3.63, 3.8) is 0 Å². The molecule has 1 aliphatic heterocycles. The zero-order valence-corrected chi connectivity index (χ0v) is 10.9. The summed E-state index contributed by atoms with van der Waals surface area (Å²) >= 11 is 0. The first-order chi connectivity index (χ1) is 9.19. The van der Waals surface area contributed by atoms with Crippen LogP contribution in [-0.4, -0.2) is 31.4 Å². The Morgan fingerprint density at radius 1 is 1.05 bits per heavy atom. The number of benzene rings is 1. The van der Waals surface area contributed by atoms with E-state index < -0.39 is 0 Å². The monoisotopic (exact) mass is 261 g/mol. The predicted molar refractivity (Wildman–Crippen MR) is 73.8 cm³/mol. The number of nitrogens with zero attached hydrogens (tertiary/aromatic N) is 1. The van der Waals surface area contributed by atoms with Gasteiger partial charge in [-0.25, -0.2) is 0 Å². The molecule has 2 rings (SSSR count). The molecule has 5 heteroatoms. The van der Waals surface area contributed by atoms with E-state index in [1.807, 2.05) is 24.3 Å². The van der Waals surface area contributed by atoms with Crippen molar-refractivity contribution in [2.45, 2.75) is 19.3 Å². The lowest BCUT2D eigenvalue weighted by molar-refractivity contribution is -0.130. The highest BCUT2D eigenvalue weighted by Crippen LogP contribution is 2.17. The van der Waals surface area contributed by atoms with Gasteiger partial charge in [-0.3, -0.25) is 14.9 Å². The Labute approximate surface area is 112 Å². The van der Waals surface area contributed by atoms with Gasteiger partial charge in [-0.05, 0) is 43.5 Å². The van der Waals surface area contributed by atoms with E-state index in [9.17, 15) is 9.59 Å². The van der Waals surface area contributed by atoms with Gasteiger partial charge in [0.2, 0.25) is 11.8 Å². The van der Waals surface area contributed by atoms with Crippen molar-refractivity contribution in [3.05, 3.63) is 29.8 Å². The van der Waals surface area contributed by atoms with Gasteiger partial charge in [-0.2, -0.15) is 0 Å². The van der Waals surface area contributed by atoms with Crippen molar-refractivity contribution >= 4 is 17.5 Å². The molecule has 102 valence electrons. The van der Waals surface area contributed by atoms with Gasteiger partial charge in [0.15, 0.2) is 0 Å². The SMILES string of the molecule is NCCCCc1ccc(N2CC(=O)NC(=O)C2)cc1. The minimum Gasteiger partial charge on any atom is -0.353 e. The summed E-state index contributed by atoms with van der Waals surface area (Å²) in [5, 5.41) is 2.29. The fourth-order valence-corrected chi connectivity index (χ4v) is 2.17. The molecule has 0 radical (unpaired) electrons. The normalized spacial score (nSPS) is 15.5. The lowest BCUT2D eigenvalue weighted by atomic mass is 10.1.